The molecule has 0 spiro atoms. The van der Waals surface area contributed by atoms with Gasteiger partial charge < -0.3 is 14.6 Å². The molecule has 0 aliphatic rings. The zero-order chi connectivity index (χ0) is 21.3. The van der Waals surface area contributed by atoms with Crippen LogP contribution in [0.15, 0.2) is 61.7 Å². The van der Waals surface area contributed by atoms with Crippen LogP contribution in [0, 0.1) is 0 Å². The summed E-state index contributed by atoms with van der Waals surface area (Å²) in [6.07, 6.45) is -1.58. The van der Waals surface area contributed by atoms with Crippen molar-refractivity contribution in [2.45, 2.75) is 13.1 Å². The van der Waals surface area contributed by atoms with Gasteiger partial charge in [-0.05, 0) is 12.5 Å². The SMILES string of the molecule is C=C(C)C(=O)OCC(F)(F)F.C=CC(=O)OCCO.C=Cc1ccccc1. The van der Waals surface area contributed by atoms with Gasteiger partial charge in [-0.25, -0.2) is 9.59 Å². The number of rotatable bonds is 6. The van der Waals surface area contributed by atoms with E-state index in [1.807, 2.05) is 36.4 Å². The van der Waals surface area contributed by atoms with Crippen molar-refractivity contribution in [2.75, 3.05) is 19.8 Å². The summed E-state index contributed by atoms with van der Waals surface area (Å²) in [5, 5.41) is 8.10. The molecule has 1 N–H and O–H groups in total. The average Bonchev–Trinajstić information content (AvgIpc) is 2.65. The van der Waals surface area contributed by atoms with Gasteiger partial charge in [-0.2, -0.15) is 13.2 Å². The van der Waals surface area contributed by atoms with Crippen LogP contribution in [-0.2, 0) is 19.1 Å². The Labute approximate surface area is 156 Å². The van der Waals surface area contributed by atoms with Crippen molar-refractivity contribution in [2.24, 2.45) is 0 Å². The predicted octanol–water partition coefficient (Wildman–Crippen LogP) is 3.71. The first-order chi connectivity index (χ1) is 12.6. The molecule has 0 heterocycles. The normalized spacial score (nSPS) is 9.37. The second kappa shape index (κ2) is 15.4. The monoisotopic (exact) mass is 388 g/mol. The van der Waals surface area contributed by atoms with E-state index >= 15 is 0 Å². The summed E-state index contributed by atoms with van der Waals surface area (Å²) < 4.78 is 42.3. The minimum Gasteiger partial charge on any atom is -0.460 e. The van der Waals surface area contributed by atoms with Crippen molar-refractivity contribution in [1.82, 2.24) is 0 Å². The number of esters is 2. The molecule has 8 heteroatoms. The Morgan fingerprint density at radius 1 is 1.15 bits per heavy atom. The summed E-state index contributed by atoms with van der Waals surface area (Å²) >= 11 is 0. The van der Waals surface area contributed by atoms with Gasteiger partial charge >= 0.3 is 18.1 Å². The Bertz CT molecular complexity index is 595. The fourth-order valence-corrected chi connectivity index (χ4v) is 1.06. The summed E-state index contributed by atoms with van der Waals surface area (Å²) in [6.45, 7) is 9.53. The van der Waals surface area contributed by atoms with Crippen LogP contribution < -0.4 is 0 Å². The molecule has 1 aromatic rings. The van der Waals surface area contributed by atoms with Gasteiger partial charge in [0.05, 0.1) is 6.61 Å². The fourth-order valence-electron chi connectivity index (χ4n) is 1.06. The molecular formula is C19H23F3O5. The van der Waals surface area contributed by atoms with Crippen molar-refractivity contribution >= 4 is 18.0 Å². The highest BCUT2D eigenvalue weighted by Crippen LogP contribution is 2.14. The minimum atomic E-state index is -4.47. The molecule has 1 aromatic carbocycles. The van der Waals surface area contributed by atoms with E-state index in [0.29, 0.717) is 0 Å². The average molecular weight is 388 g/mol. The third-order valence-electron chi connectivity index (χ3n) is 2.25. The van der Waals surface area contributed by atoms with E-state index in [9.17, 15) is 22.8 Å². The van der Waals surface area contributed by atoms with E-state index in [-0.39, 0.29) is 18.8 Å². The van der Waals surface area contributed by atoms with E-state index in [2.05, 4.69) is 29.2 Å². The molecule has 0 radical (unpaired) electrons. The molecule has 27 heavy (non-hydrogen) atoms. The summed E-state index contributed by atoms with van der Waals surface area (Å²) in [7, 11) is 0. The van der Waals surface area contributed by atoms with Gasteiger partial charge in [0.25, 0.3) is 0 Å². The van der Waals surface area contributed by atoms with Crippen LogP contribution in [0.4, 0.5) is 13.2 Å². The number of alkyl halides is 3. The number of hydrogen-bond acceptors (Lipinski definition) is 5. The lowest BCUT2D eigenvalue weighted by Gasteiger charge is -2.06. The molecule has 0 atom stereocenters. The number of carbonyl (C=O) groups excluding carboxylic acids is 2. The largest absolute Gasteiger partial charge is 0.460 e. The van der Waals surface area contributed by atoms with E-state index in [1.54, 1.807) is 0 Å². The van der Waals surface area contributed by atoms with Gasteiger partial charge in [0, 0.05) is 11.6 Å². The van der Waals surface area contributed by atoms with E-state index < -0.39 is 24.7 Å². The first-order valence-corrected chi connectivity index (χ1v) is 7.54. The lowest BCUT2D eigenvalue weighted by atomic mass is 10.2. The maximum atomic E-state index is 11.4. The van der Waals surface area contributed by atoms with Crippen LogP contribution >= 0.6 is 0 Å². The number of carbonyl (C=O) groups is 2. The number of benzene rings is 1. The summed E-state index contributed by atoms with van der Waals surface area (Å²) in [4.78, 5) is 20.5. The molecule has 0 amide bonds. The zero-order valence-electron chi connectivity index (χ0n) is 15.0. The highest BCUT2D eigenvalue weighted by Gasteiger charge is 2.29. The third kappa shape index (κ3) is 19.3. The fraction of sp³-hybridized carbons (Fsp3) is 0.263. The van der Waals surface area contributed by atoms with E-state index in [1.165, 1.54) is 12.5 Å². The van der Waals surface area contributed by atoms with Crippen molar-refractivity contribution in [3.8, 4) is 0 Å². The van der Waals surface area contributed by atoms with Crippen molar-refractivity contribution < 1.29 is 37.3 Å². The molecule has 0 aliphatic heterocycles. The molecular weight excluding hydrogens is 365 g/mol. The van der Waals surface area contributed by atoms with Crippen molar-refractivity contribution in [1.29, 1.82) is 0 Å². The number of halogens is 3. The second-order valence-electron chi connectivity index (χ2n) is 4.68. The van der Waals surface area contributed by atoms with Crippen molar-refractivity contribution in [3.63, 3.8) is 0 Å². The molecule has 1 rings (SSSR count). The maximum absolute atomic E-state index is 11.4. The molecule has 0 aromatic heterocycles. The lowest BCUT2D eigenvalue weighted by molar-refractivity contribution is -0.183. The van der Waals surface area contributed by atoms with Crippen LogP contribution in [0.1, 0.15) is 12.5 Å². The first kappa shape index (κ1) is 26.4. The predicted molar refractivity (Wildman–Crippen MR) is 96.6 cm³/mol. The topological polar surface area (TPSA) is 72.8 Å². The number of ether oxygens (including phenoxy) is 2. The van der Waals surface area contributed by atoms with Crippen molar-refractivity contribution in [3.05, 3.63) is 67.3 Å². The second-order valence-corrected chi connectivity index (χ2v) is 4.68. The molecule has 150 valence electrons. The highest BCUT2D eigenvalue weighted by molar-refractivity contribution is 5.86. The highest BCUT2D eigenvalue weighted by atomic mass is 19.4. The molecule has 0 unspecified atom stereocenters. The number of hydrogen-bond donors (Lipinski definition) is 1. The Hall–Kier alpha value is -2.87. The van der Waals surface area contributed by atoms with Crippen LogP contribution in [-0.4, -0.2) is 43.0 Å². The molecule has 0 saturated heterocycles. The lowest BCUT2D eigenvalue weighted by Crippen LogP contribution is -2.20. The Morgan fingerprint density at radius 2 is 1.70 bits per heavy atom. The van der Waals surface area contributed by atoms with Gasteiger partial charge in [-0.3, -0.25) is 0 Å². The van der Waals surface area contributed by atoms with Crippen LogP contribution in [0.2, 0.25) is 0 Å². The van der Waals surface area contributed by atoms with Crippen LogP contribution in [0.3, 0.4) is 0 Å². The number of aliphatic hydroxyl groups excluding tert-OH is 1. The Balaban J connectivity index is 0. The van der Waals surface area contributed by atoms with Gasteiger partial charge in [-0.15, -0.1) is 0 Å². The van der Waals surface area contributed by atoms with Gasteiger partial charge in [0.15, 0.2) is 6.61 Å². The standard InChI is InChI=1S/C8H8.C6H7F3O2.C5H8O3/c1-2-8-6-4-3-5-7-8;1-4(2)5(10)11-3-6(7,8)9;1-2-5(7)8-4-3-6/h2-7H,1H2;1,3H2,2H3;2,6H,1,3-4H2. The number of aliphatic hydroxyl groups is 1. The maximum Gasteiger partial charge on any atom is 0.422 e. The van der Waals surface area contributed by atoms with Gasteiger partial charge in [0.1, 0.15) is 6.61 Å². The Kier molecular flexibility index (Phi) is 15.0. The molecule has 0 fully saturated rings. The Morgan fingerprint density at radius 3 is 2.04 bits per heavy atom. The summed E-state index contributed by atoms with van der Waals surface area (Å²) in [6, 6.07) is 10.0. The molecule has 0 bridgehead atoms. The quantitative estimate of drug-likeness (QED) is 0.594. The minimum absolute atomic E-state index is 0.0465. The van der Waals surface area contributed by atoms with Gasteiger partial charge in [-0.1, -0.05) is 56.1 Å². The van der Waals surface area contributed by atoms with Gasteiger partial charge in [0.2, 0.25) is 0 Å². The van der Waals surface area contributed by atoms with Crippen LogP contribution in [0.5, 0.6) is 0 Å². The molecule has 0 aliphatic carbocycles. The van der Waals surface area contributed by atoms with Crippen LogP contribution in [0.25, 0.3) is 6.08 Å². The summed E-state index contributed by atoms with van der Waals surface area (Å²) in [5.41, 5.74) is 1.13. The molecule has 5 nitrogen and oxygen atoms in total. The first-order valence-electron chi connectivity index (χ1n) is 7.54. The van der Waals surface area contributed by atoms with E-state index in [4.69, 9.17) is 5.11 Å². The zero-order valence-corrected chi connectivity index (χ0v) is 15.0. The third-order valence-corrected chi connectivity index (χ3v) is 2.25. The molecule has 0 saturated carbocycles. The summed E-state index contributed by atoms with van der Waals surface area (Å²) in [5.74, 6) is -1.53. The smallest absolute Gasteiger partial charge is 0.422 e. The van der Waals surface area contributed by atoms with E-state index in [0.717, 1.165) is 6.08 Å².